The molecule has 0 fully saturated rings. The zero-order chi connectivity index (χ0) is 13.2. The number of hydrogen-bond donors (Lipinski definition) is 1. The third kappa shape index (κ3) is 5.25. The molecule has 0 amide bonds. The summed E-state index contributed by atoms with van der Waals surface area (Å²) in [7, 11) is 1.70. The number of hydrogen-bond acceptors (Lipinski definition) is 4. The molecule has 1 rings (SSSR count). The first-order valence-corrected chi connectivity index (χ1v) is 6.17. The fraction of sp³-hybridized carbons (Fsp3) is 0.538. The maximum absolute atomic E-state index is 10.8. The number of unbranched alkanes of at least 4 members (excludes halogenated alkanes) is 2. The van der Waals surface area contributed by atoms with Crippen LogP contribution < -0.4 is 5.32 Å². The zero-order valence-electron chi connectivity index (χ0n) is 10.7. The third-order valence-electron chi connectivity index (χ3n) is 2.71. The summed E-state index contributed by atoms with van der Waals surface area (Å²) in [6.45, 7) is 2.21. The van der Waals surface area contributed by atoms with Gasteiger partial charge in [-0.2, -0.15) is 0 Å². The second-order valence-electron chi connectivity index (χ2n) is 4.12. The number of nitrogens with one attached hydrogen (secondary N) is 1. The van der Waals surface area contributed by atoms with Gasteiger partial charge in [0.2, 0.25) is 0 Å². The van der Waals surface area contributed by atoms with Crippen molar-refractivity contribution in [3.8, 4) is 0 Å². The summed E-state index contributed by atoms with van der Waals surface area (Å²) in [6.07, 6.45) is 3.23. The maximum Gasteiger partial charge on any atom is 0.273 e. The van der Waals surface area contributed by atoms with Crippen molar-refractivity contribution in [1.29, 1.82) is 0 Å². The molecule has 0 saturated heterocycles. The van der Waals surface area contributed by atoms with E-state index in [0.29, 0.717) is 6.54 Å². The number of nitrogens with zero attached hydrogens (tertiary/aromatic N) is 1. The molecule has 5 nitrogen and oxygen atoms in total. The van der Waals surface area contributed by atoms with Crippen LogP contribution in [0.15, 0.2) is 24.3 Å². The number of rotatable bonds is 9. The van der Waals surface area contributed by atoms with Crippen molar-refractivity contribution in [3.05, 3.63) is 39.9 Å². The van der Waals surface area contributed by atoms with Gasteiger partial charge in [-0.05, 0) is 25.8 Å². The van der Waals surface area contributed by atoms with Crippen molar-refractivity contribution in [3.63, 3.8) is 0 Å². The van der Waals surface area contributed by atoms with Gasteiger partial charge in [-0.25, -0.2) is 0 Å². The van der Waals surface area contributed by atoms with Crippen LogP contribution in [0.3, 0.4) is 0 Å². The largest absolute Gasteiger partial charge is 0.385 e. The molecule has 0 aliphatic rings. The molecule has 0 bridgehead atoms. The quantitative estimate of drug-likeness (QED) is 0.416. The van der Waals surface area contributed by atoms with E-state index in [-0.39, 0.29) is 10.6 Å². The Morgan fingerprint density at radius 3 is 2.78 bits per heavy atom. The number of methoxy groups -OCH3 is 1. The number of nitro benzene ring substituents is 1. The van der Waals surface area contributed by atoms with E-state index in [4.69, 9.17) is 4.74 Å². The van der Waals surface area contributed by atoms with Gasteiger partial charge >= 0.3 is 0 Å². The maximum atomic E-state index is 10.8. The summed E-state index contributed by atoms with van der Waals surface area (Å²) in [5.41, 5.74) is 0.920. The lowest BCUT2D eigenvalue weighted by Crippen LogP contribution is -2.15. The van der Waals surface area contributed by atoms with Gasteiger partial charge in [0.15, 0.2) is 0 Å². The van der Waals surface area contributed by atoms with E-state index in [1.165, 1.54) is 6.07 Å². The molecular formula is C13H20N2O3. The summed E-state index contributed by atoms with van der Waals surface area (Å²) in [6, 6.07) is 6.83. The molecule has 0 unspecified atom stereocenters. The Morgan fingerprint density at radius 1 is 1.28 bits per heavy atom. The topological polar surface area (TPSA) is 64.4 Å². The second kappa shape index (κ2) is 8.60. The van der Waals surface area contributed by atoms with Crippen molar-refractivity contribution < 1.29 is 9.66 Å². The molecule has 0 atom stereocenters. The normalized spacial score (nSPS) is 10.5. The molecule has 0 saturated carbocycles. The van der Waals surface area contributed by atoms with Gasteiger partial charge in [0.1, 0.15) is 0 Å². The average molecular weight is 252 g/mol. The summed E-state index contributed by atoms with van der Waals surface area (Å²) < 4.78 is 4.96. The lowest BCUT2D eigenvalue weighted by molar-refractivity contribution is -0.385. The van der Waals surface area contributed by atoms with E-state index in [2.05, 4.69) is 5.32 Å². The molecule has 100 valence electrons. The van der Waals surface area contributed by atoms with E-state index in [1.807, 2.05) is 6.07 Å². The summed E-state index contributed by atoms with van der Waals surface area (Å²) >= 11 is 0. The van der Waals surface area contributed by atoms with Crippen LogP contribution in [0.2, 0.25) is 0 Å². The predicted octanol–water partition coefficient (Wildman–Crippen LogP) is 2.50. The van der Waals surface area contributed by atoms with Gasteiger partial charge in [0, 0.05) is 31.9 Å². The highest BCUT2D eigenvalue weighted by atomic mass is 16.6. The molecule has 0 heterocycles. The molecule has 1 aromatic rings. The molecular weight excluding hydrogens is 232 g/mol. The fourth-order valence-electron chi connectivity index (χ4n) is 1.73. The Balaban J connectivity index is 2.25. The van der Waals surface area contributed by atoms with Crippen LogP contribution >= 0.6 is 0 Å². The van der Waals surface area contributed by atoms with Crippen LogP contribution in [0, 0.1) is 10.1 Å². The summed E-state index contributed by atoms with van der Waals surface area (Å²) in [5.74, 6) is 0. The van der Waals surface area contributed by atoms with Crippen LogP contribution in [0.1, 0.15) is 24.8 Å². The van der Waals surface area contributed by atoms with E-state index in [1.54, 1.807) is 19.2 Å². The number of para-hydroxylation sites is 1. The minimum Gasteiger partial charge on any atom is -0.385 e. The van der Waals surface area contributed by atoms with Gasteiger partial charge in [-0.1, -0.05) is 18.2 Å². The van der Waals surface area contributed by atoms with E-state index in [9.17, 15) is 10.1 Å². The van der Waals surface area contributed by atoms with Crippen molar-refractivity contribution in [1.82, 2.24) is 5.32 Å². The smallest absolute Gasteiger partial charge is 0.273 e. The molecule has 0 aromatic heterocycles. The zero-order valence-corrected chi connectivity index (χ0v) is 10.7. The molecule has 0 aliphatic carbocycles. The highest BCUT2D eigenvalue weighted by molar-refractivity contribution is 5.39. The minimum atomic E-state index is -0.338. The van der Waals surface area contributed by atoms with Crippen LogP contribution in [0.5, 0.6) is 0 Å². The first-order chi connectivity index (χ1) is 8.75. The van der Waals surface area contributed by atoms with Gasteiger partial charge in [-0.3, -0.25) is 10.1 Å². The van der Waals surface area contributed by atoms with Crippen molar-refractivity contribution in [2.45, 2.75) is 25.8 Å². The molecule has 0 radical (unpaired) electrons. The SMILES string of the molecule is COCCCCCNCc1ccccc1[N+](=O)[O-]. The minimum absolute atomic E-state index is 0.185. The monoisotopic (exact) mass is 252 g/mol. The van der Waals surface area contributed by atoms with Crippen LogP contribution in [0.4, 0.5) is 5.69 Å². The molecule has 1 N–H and O–H groups in total. The van der Waals surface area contributed by atoms with Crippen molar-refractivity contribution >= 4 is 5.69 Å². The Morgan fingerprint density at radius 2 is 2.06 bits per heavy atom. The lowest BCUT2D eigenvalue weighted by atomic mass is 10.2. The van der Waals surface area contributed by atoms with Crippen molar-refractivity contribution in [2.75, 3.05) is 20.3 Å². The van der Waals surface area contributed by atoms with Gasteiger partial charge in [-0.15, -0.1) is 0 Å². The van der Waals surface area contributed by atoms with Crippen LogP contribution in [-0.2, 0) is 11.3 Å². The van der Waals surface area contributed by atoms with Crippen LogP contribution in [-0.4, -0.2) is 25.2 Å². The van der Waals surface area contributed by atoms with E-state index < -0.39 is 0 Å². The predicted molar refractivity (Wildman–Crippen MR) is 70.5 cm³/mol. The van der Waals surface area contributed by atoms with Gasteiger partial charge < -0.3 is 10.1 Å². The first kappa shape index (κ1) is 14.6. The highest BCUT2D eigenvalue weighted by Gasteiger charge is 2.10. The fourth-order valence-corrected chi connectivity index (χ4v) is 1.73. The third-order valence-corrected chi connectivity index (χ3v) is 2.71. The Kier molecular flexibility index (Phi) is 6.98. The standard InChI is InChI=1S/C13H20N2O3/c1-18-10-6-2-5-9-14-11-12-7-3-4-8-13(12)15(16)17/h3-4,7-8,14H,2,5-6,9-11H2,1H3. The molecule has 0 aliphatic heterocycles. The Labute approximate surface area is 107 Å². The lowest BCUT2D eigenvalue weighted by Gasteiger charge is -2.05. The number of ether oxygens (including phenoxy) is 1. The summed E-state index contributed by atoms with van der Waals surface area (Å²) in [4.78, 5) is 10.5. The van der Waals surface area contributed by atoms with Crippen molar-refractivity contribution in [2.24, 2.45) is 0 Å². The Hall–Kier alpha value is -1.46. The summed E-state index contributed by atoms with van der Waals surface area (Å²) in [5, 5.41) is 14.0. The number of nitro groups is 1. The molecule has 18 heavy (non-hydrogen) atoms. The molecule has 0 spiro atoms. The van der Waals surface area contributed by atoms with Gasteiger partial charge in [0.25, 0.3) is 5.69 Å². The second-order valence-corrected chi connectivity index (χ2v) is 4.12. The van der Waals surface area contributed by atoms with E-state index >= 15 is 0 Å². The molecule has 1 aromatic carbocycles. The van der Waals surface area contributed by atoms with Gasteiger partial charge in [0.05, 0.1) is 4.92 Å². The number of benzene rings is 1. The average Bonchev–Trinajstić information content (AvgIpc) is 2.38. The van der Waals surface area contributed by atoms with E-state index in [0.717, 1.165) is 38.0 Å². The highest BCUT2D eigenvalue weighted by Crippen LogP contribution is 2.16. The first-order valence-electron chi connectivity index (χ1n) is 6.17. The van der Waals surface area contributed by atoms with Crippen LogP contribution in [0.25, 0.3) is 0 Å². The molecule has 5 heteroatoms. The Bertz CT molecular complexity index is 369.